The molecule has 5 heteroatoms. The van der Waals surface area contributed by atoms with E-state index in [4.69, 9.17) is 23.2 Å². The molecule has 0 atom stereocenters. The van der Waals surface area contributed by atoms with E-state index in [2.05, 4.69) is 4.98 Å². The number of rotatable bonds is 2. The summed E-state index contributed by atoms with van der Waals surface area (Å²) >= 11 is 11.1. The fourth-order valence-electron chi connectivity index (χ4n) is 0.674. The number of aryl methyl sites for hydroxylation is 1. The average molecular weight is 214 g/mol. The van der Waals surface area contributed by atoms with Gasteiger partial charge in [-0.05, 0) is 13.0 Å². The van der Waals surface area contributed by atoms with E-state index in [0.29, 0.717) is 0 Å². The van der Waals surface area contributed by atoms with Gasteiger partial charge in [-0.15, -0.1) is 0 Å². The van der Waals surface area contributed by atoms with Crippen LogP contribution in [0.25, 0.3) is 0 Å². The molecule has 0 saturated carbocycles. The van der Waals surface area contributed by atoms with Gasteiger partial charge in [0.2, 0.25) is 0 Å². The number of H-pyrrole nitrogens is 1. The largest absolute Gasteiger partial charge is 0.364 e. The average Bonchev–Trinajstić information content (AvgIpc) is 2.12. The van der Waals surface area contributed by atoms with E-state index in [0.717, 1.165) is 22.4 Å². The third-order valence-corrected chi connectivity index (χ3v) is 2.49. The number of halogens is 3. The highest BCUT2D eigenvalue weighted by Gasteiger charge is 2.24. The Kier molecular flexibility index (Phi) is 2.73. The zero-order valence-electron chi connectivity index (χ0n) is 5.70. The van der Waals surface area contributed by atoms with Gasteiger partial charge in [-0.25, -0.2) is 0 Å². The molecular weight excluding hydrogens is 208 g/mol. The second-order valence-corrected chi connectivity index (χ2v) is 4.90. The van der Waals surface area contributed by atoms with Gasteiger partial charge in [-0.3, -0.25) is 0 Å². The molecule has 0 radical (unpaired) electrons. The molecule has 11 heavy (non-hydrogen) atoms. The fourth-order valence-corrected chi connectivity index (χ4v) is 1.77. The summed E-state index contributed by atoms with van der Waals surface area (Å²) in [7, 11) is 0. The van der Waals surface area contributed by atoms with Crippen molar-refractivity contribution >= 4 is 35.0 Å². The van der Waals surface area contributed by atoms with Crippen LogP contribution in [0.4, 0.5) is 4.39 Å². The van der Waals surface area contributed by atoms with Crippen molar-refractivity contribution in [2.24, 2.45) is 0 Å². The highest BCUT2D eigenvalue weighted by atomic mass is 35.5. The summed E-state index contributed by atoms with van der Waals surface area (Å²) < 4.78 is 10.4. The Morgan fingerprint density at radius 3 is 2.64 bits per heavy atom. The van der Waals surface area contributed by atoms with Gasteiger partial charge >= 0.3 is 3.92 Å². The maximum atomic E-state index is 12.6. The quantitative estimate of drug-likeness (QED) is 0.588. The van der Waals surface area contributed by atoms with Crippen LogP contribution < -0.4 is 0 Å². The number of hydrogen-bond acceptors (Lipinski definition) is 1. The standard InChI is InChI=1S/C6H6Cl2FNS/c1-4-5(2-3-10-4)11-6(7,8)9/h2-3,10H,1H3. The minimum Gasteiger partial charge on any atom is -0.364 e. The van der Waals surface area contributed by atoms with Gasteiger partial charge in [0.15, 0.2) is 0 Å². The van der Waals surface area contributed by atoms with Crippen molar-refractivity contribution < 1.29 is 4.39 Å². The molecule has 0 fully saturated rings. The number of aromatic amines is 1. The highest BCUT2D eigenvalue weighted by Crippen LogP contribution is 2.42. The smallest absolute Gasteiger partial charge is 0.309 e. The number of alkyl halides is 3. The van der Waals surface area contributed by atoms with Crippen LogP contribution in [-0.4, -0.2) is 8.90 Å². The van der Waals surface area contributed by atoms with Gasteiger partial charge in [0, 0.05) is 16.8 Å². The van der Waals surface area contributed by atoms with Crippen molar-refractivity contribution in [2.75, 3.05) is 0 Å². The van der Waals surface area contributed by atoms with Crippen molar-refractivity contribution in [3.05, 3.63) is 18.0 Å². The van der Waals surface area contributed by atoms with Crippen LogP contribution in [0.5, 0.6) is 0 Å². The van der Waals surface area contributed by atoms with E-state index < -0.39 is 3.92 Å². The van der Waals surface area contributed by atoms with Crippen LogP contribution in [0.2, 0.25) is 0 Å². The lowest BCUT2D eigenvalue weighted by Gasteiger charge is -2.06. The molecule has 62 valence electrons. The zero-order valence-corrected chi connectivity index (χ0v) is 8.03. The molecule has 1 rings (SSSR count). The molecular formula is C6H6Cl2FNS. The Labute approximate surface area is 78.3 Å². The summed E-state index contributed by atoms with van der Waals surface area (Å²) in [6, 6.07) is 1.72. The monoisotopic (exact) mass is 213 g/mol. The SMILES string of the molecule is Cc1[nH]ccc1SC(F)(Cl)Cl. The highest BCUT2D eigenvalue weighted by molar-refractivity contribution is 8.03. The van der Waals surface area contributed by atoms with Gasteiger partial charge in [0.25, 0.3) is 0 Å². The van der Waals surface area contributed by atoms with Gasteiger partial charge in [-0.2, -0.15) is 4.39 Å². The summed E-state index contributed by atoms with van der Waals surface area (Å²) in [5.74, 6) is 0. The molecule has 0 saturated heterocycles. The van der Waals surface area contributed by atoms with Crippen molar-refractivity contribution in [3.63, 3.8) is 0 Å². The van der Waals surface area contributed by atoms with Crippen LogP contribution in [0.3, 0.4) is 0 Å². The summed E-state index contributed by atoms with van der Waals surface area (Å²) in [4.78, 5) is 3.61. The van der Waals surface area contributed by atoms with E-state index in [1.165, 1.54) is 0 Å². The zero-order chi connectivity index (χ0) is 8.48. The summed E-state index contributed by atoms with van der Waals surface area (Å²) in [6.45, 7) is 1.82. The number of aromatic nitrogens is 1. The molecule has 0 aliphatic rings. The Morgan fingerprint density at radius 1 is 1.64 bits per heavy atom. The van der Waals surface area contributed by atoms with Gasteiger partial charge in [0.1, 0.15) is 0 Å². The lowest BCUT2D eigenvalue weighted by molar-refractivity contribution is 0.515. The molecule has 0 amide bonds. The molecule has 1 heterocycles. The lowest BCUT2D eigenvalue weighted by atomic mass is 10.5. The maximum absolute atomic E-state index is 12.6. The number of hydrogen-bond donors (Lipinski definition) is 1. The van der Waals surface area contributed by atoms with Crippen LogP contribution in [0.15, 0.2) is 17.2 Å². The molecule has 0 aliphatic heterocycles. The van der Waals surface area contributed by atoms with Crippen molar-refractivity contribution in [2.45, 2.75) is 15.7 Å². The van der Waals surface area contributed by atoms with Gasteiger partial charge < -0.3 is 4.98 Å². The van der Waals surface area contributed by atoms with Gasteiger partial charge in [-0.1, -0.05) is 35.0 Å². The molecule has 1 nitrogen and oxygen atoms in total. The first kappa shape index (κ1) is 9.23. The Hall–Kier alpha value is 0.140. The third-order valence-electron chi connectivity index (χ3n) is 1.13. The lowest BCUT2D eigenvalue weighted by Crippen LogP contribution is -1.94. The van der Waals surface area contributed by atoms with Gasteiger partial charge in [0.05, 0.1) is 0 Å². The first-order chi connectivity index (χ1) is 4.99. The van der Waals surface area contributed by atoms with E-state index in [1.807, 2.05) is 6.92 Å². The first-order valence-corrected chi connectivity index (χ1v) is 4.46. The van der Waals surface area contributed by atoms with Crippen molar-refractivity contribution in [3.8, 4) is 0 Å². The van der Waals surface area contributed by atoms with E-state index in [1.54, 1.807) is 12.3 Å². The molecule has 0 unspecified atom stereocenters. The molecule has 0 spiro atoms. The van der Waals surface area contributed by atoms with E-state index in [9.17, 15) is 4.39 Å². The Balaban J connectivity index is 2.72. The van der Waals surface area contributed by atoms with Crippen LogP contribution in [0.1, 0.15) is 5.69 Å². The Morgan fingerprint density at radius 2 is 2.27 bits per heavy atom. The Bertz CT molecular complexity index is 243. The molecule has 1 aromatic heterocycles. The molecule has 1 aromatic rings. The van der Waals surface area contributed by atoms with Crippen LogP contribution in [0, 0.1) is 6.92 Å². The normalized spacial score (nSPS) is 12.0. The minimum absolute atomic E-state index is 0.720. The van der Waals surface area contributed by atoms with E-state index in [-0.39, 0.29) is 0 Å². The molecule has 1 N–H and O–H groups in total. The first-order valence-electron chi connectivity index (χ1n) is 2.89. The molecule has 0 bridgehead atoms. The second-order valence-electron chi connectivity index (χ2n) is 2.01. The number of thioether (sulfide) groups is 1. The summed E-state index contributed by atoms with van der Waals surface area (Å²) in [6.07, 6.45) is 1.71. The predicted molar refractivity (Wildman–Crippen MR) is 46.9 cm³/mol. The van der Waals surface area contributed by atoms with Crippen LogP contribution >= 0.6 is 35.0 Å². The number of nitrogens with one attached hydrogen (secondary N) is 1. The van der Waals surface area contributed by atoms with Crippen molar-refractivity contribution in [1.29, 1.82) is 0 Å². The molecule has 0 aliphatic carbocycles. The molecule has 0 aromatic carbocycles. The van der Waals surface area contributed by atoms with E-state index >= 15 is 0 Å². The second kappa shape index (κ2) is 3.25. The van der Waals surface area contributed by atoms with Crippen LogP contribution in [-0.2, 0) is 0 Å². The maximum Gasteiger partial charge on any atom is 0.309 e. The summed E-state index contributed by atoms with van der Waals surface area (Å²) in [5, 5.41) is 0. The summed E-state index contributed by atoms with van der Waals surface area (Å²) in [5.41, 5.74) is 0.860. The fraction of sp³-hybridized carbons (Fsp3) is 0.333. The third kappa shape index (κ3) is 2.93. The predicted octanol–water partition coefficient (Wildman–Crippen LogP) is 3.47. The minimum atomic E-state index is -2.24. The van der Waals surface area contributed by atoms with Crippen molar-refractivity contribution in [1.82, 2.24) is 4.98 Å². The topological polar surface area (TPSA) is 15.8 Å².